The average molecular weight is 1140 g/mol. The maximum absolute atomic E-state index is 13.7. The largest absolute Gasteiger partial charge is 0.490 e. The third-order valence-electron chi connectivity index (χ3n) is 15.9. The number of para-hydroxylation sites is 1. The van der Waals surface area contributed by atoms with Crippen LogP contribution in [0.2, 0.25) is 0 Å². The highest BCUT2D eigenvalue weighted by Crippen LogP contribution is 2.39. The molecule has 4 aromatic carbocycles. The lowest BCUT2D eigenvalue weighted by Crippen LogP contribution is -2.50. The Labute approximate surface area is 454 Å². The lowest BCUT2D eigenvalue weighted by Gasteiger charge is -2.39. The number of aromatic carboxylic acids is 1. The van der Waals surface area contributed by atoms with Gasteiger partial charge in [-0.1, -0.05) is 70.3 Å². The Hall–Kier alpha value is -6.44. The molecular formula is C58H62IN9O6S. The molecule has 11 rings (SSSR count). The summed E-state index contributed by atoms with van der Waals surface area (Å²) in [7, 11) is 1.92. The topological polar surface area (TPSA) is 175 Å². The minimum Gasteiger partial charge on any atom is -0.490 e. The van der Waals surface area contributed by atoms with Crippen molar-refractivity contribution in [2.45, 2.75) is 93.6 Å². The molecule has 3 N–H and O–H groups in total. The van der Waals surface area contributed by atoms with Crippen molar-refractivity contribution < 1.29 is 29.0 Å². The zero-order valence-corrected chi connectivity index (χ0v) is 45.6. The van der Waals surface area contributed by atoms with Gasteiger partial charge < -0.3 is 19.6 Å². The molecule has 0 bridgehead atoms. The van der Waals surface area contributed by atoms with Crippen LogP contribution >= 0.6 is 33.9 Å². The van der Waals surface area contributed by atoms with Crippen molar-refractivity contribution in [3.8, 4) is 16.9 Å². The van der Waals surface area contributed by atoms with Crippen LogP contribution in [-0.4, -0.2) is 102 Å². The Balaban J connectivity index is 0.665. The van der Waals surface area contributed by atoms with Gasteiger partial charge in [-0.05, 0) is 148 Å². The number of nitrogens with one attached hydrogen (secondary N) is 2. The lowest BCUT2D eigenvalue weighted by molar-refractivity contribution is -0.134. The van der Waals surface area contributed by atoms with Gasteiger partial charge in [-0.25, -0.2) is 14.8 Å². The predicted octanol–water partition coefficient (Wildman–Crippen LogP) is 10.3. The number of aromatic nitrogens is 4. The molecule has 388 valence electrons. The Kier molecular flexibility index (Phi) is 14.4. The number of hydrogen-bond acceptors (Lipinski definition) is 12. The van der Waals surface area contributed by atoms with Crippen LogP contribution < -0.4 is 25.2 Å². The molecule has 0 spiro atoms. The minimum atomic E-state index is -1.10. The molecule has 2 unspecified atom stereocenters. The van der Waals surface area contributed by atoms with Gasteiger partial charge in [0.15, 0.2) is 10.8 Å². The highest BCUT2D eigenvalue weighted by atomic mass is 127. The number of piperazine rings is 1. The van der Waals surface area contributed by atoms with E-state index >= 15 is 0 Å². The van der Waals surface area contributed by atoms with Crippen LogP contribution in [0.5, 0.6) is 5.75 Å². The van der Waals surface area contributed by atoms with E-state index in [9.17, 15) is 24.3 Å². The monoisotopic (exact) mass is 1140 g/mol. The molecule has 3 aliphatic heterocycles. The fourth-order valence-corrected chi connectivity index (χ4v) is 13.4. The fraction of sp³-hybridized carbons (Fsp3) is 0.397. The zero-order valence-electron chi connectivity index (χ0n) is 42.6. The smallest absolute Gasteiger partial charge is 0.355 e. The molecule has 3 aromatic heterocycles. The molecule has 0 radical (unpaired) electrons. The standard InChI is InChI=1S/C58H62IN9O6S/c1-35-40(41-20-22-50(61-53(41)56(72)73)68-27-25-37-8-6-10-42(45(37)33-68)54(70)63-57-60-46-11-4-5-13-49(46)75-57)9-7-12-48(35)74-39-17-14-36(15-18-39)24-26-58(2,59)34-66-28-30-67(31-29-66)38-16-19-43-47(32-38)65(3)64-52(43)44-21-23-51(69)62-55(44)71/h4-13,16,19-20,22,32,36,39,44H,14-15,17-18,21,23-31,33-34H2,1-3H3,(H,72,73)(H,60,63,70)(H,62,69,71). The number of rotatable bonds is 14. The second-order valence-electron chi connectivity index (χ2n) is 21.0. The molecule has 2 saturated heterocycles. The summed E-state index contributed by atoms with van der Waals surface area (Å²) in [5.41, 5.74) is 8.50. The van der Waals surface area contributed by atoms with Gasteiger partial charge in [0, 0.05) is 84.9 Å². The summed E-state index contributed by atoms with van der Waals surface area (Å²) in [5.74, 6) is -0.236. The Morgan fingerprint density at radius 1 is 0.880 bits per heavy atom. The molecule has 1 saturated carbocycles. The van der Waals surface area contributed by atoms with Crippen LogP contribution in [0.1, 0.15) is 107 Å². The molecule has 6 heterocycles. The molecule has 17 heteroatoms. The minimum absolute atomic E-state index is 0.0194. The second-order valence-corrected chi connectivity index (χ2v) is 24.7. The summed E-state index contributed by atoms with van der Waals surface area (Å²) < 4.78 is 9.74. The number of anilines is 3. The van der Waals surface area contributed by atoms with Crippen LogP contribution in [-0.2, 0) is 29.6 Å². The number of nitrogens with zero attached hydrogens (tertiary/aromatic N) is 7. The van der Waals surface area contributed by atoms with Crippen LogP contribution in [0.3, 0.4) is 0 Å². The van der Waals surface area contributed by atoms with Gasteiger partial charge in [0.25, 0.3) is 5.91 Å². The van der Waals surface area contributed by atoms with Crippen molar-refractivity contribution in [3.05, 3.63) is 125 Å². The molecule has 3 amide bonds. The van der Waals surface area contributed by atoms with Gasteiger partial charge >= 0.3 is 5.97 Å². The molecule has 75 heavy (non-hydrogen) atoms. The predicted molar refractivity (Wildman–Crippen MR) is 303 cm³/mol. The molecular weight excluding hydrogens is 1080 g/mol. The van der Waals surface area contributed by atoms with E-state index in [-0.39, 0.29) is 32.9 Å². The van der Waals surface area contributed by atoms with Crippen LogP contribution in [0.4, 0.5) is 16.6 Å². The second kappa shape index (κ2) is 21.3. The molecule has 3 fully saturated rings. The van der Waals surface area contributed by atoms with Crippen molar-refractivity contribution in [1.29, 1.82) is 0 Å². The van der Waals surface area contributed by atoms with E-state index in [4.69, 9.17) is 14.8 Å². The van der Waals surface area contributed by atoms with Gasteiger partial charge in [-0.2, -0.15) is 5.10 Å². The number of benzene rings is 4. The number of carboxylic acid groups (broad SMARTS) is 1. The number of carbonyl (C=O) groups excluding carboxylic acids is 3. The number of pyridine rings is 1. The summed E-state index contributed by atoms with van der Waals surface area (Å²) in [4.78, 5) is 67.5. The maximum atomic E-state index is 13.7. The Morgan fingerprint density at radius 2 is 1.68 bits per heavy atom. The van der Waals surface area contributed by atoms with Gasteiger partial charge in [0.05, 0.1) is 33.4 Å². The van der Waals surface area contributed by atoms with Crippen LogP contribution in [0.15, 0.2) is 91.0 Å². The molecule has 2 atom stereocenters. The van der Waals surface area contributed by atoms with Crippen molar-refractivity contribution in [2.75, 3.05) is 54.4 Å². The normalized spacial score (nSPS) is 20.2. The first-order valence-corrected chi connectivity index (χ1v) is 28.1. The first-order chi connectivity index (χ1) is 36.2. The highest BCUT2D eigenvalue weighted by Gasteiger charge is 2.34. The summed E-state index contributed by atoms with van der Waals surface area (Å²) in [5, 5.41) is 22.3. The van der Waals surface area contributed by atoms with Crippen molar-refractivity contribution in [1.82, 2.24) is 30.0 Å². The molecule has 15 nitrogen and oxygen atoms in total. The number of carboxylic acids is 1. The maximum Gasteiger partial charge on any atom is 0.355 e. The van der Waals surface area contributed by atoms with Crippen molar-refractivity contribution >= 4 is 95.4 Å². The number of hydrogen-bond donors (Lipinski definition) is 3. The lowest BCUT2D eigenvalue weighted by atomic mass is 9.83. The quantitative estimate of drug-likeness (QED) is 0.0535. The molecule has 7 aromatic rings. The highest BCUT2D eigenvalue weighted by molar-refractivity contribution is 14.1. The van der Waals surface area contributed by atoms with Crippen molar-refractivity contribution in [2.24, 2.45) is 13.0 Å². The Morgan fingerprint density at radius 3 is 2.47 bits per heavy atom. The first kappa shape index (κ1) is 50.7. The number of alkyl halides is 1. The van der Waals surface area contributed by atoms with Crippen LogP contribution in [0, 0.1) is 12.8 Å². The summed E-state index contributed by atoms with van der Waals surface area (Å²) >= 11 is 4.13. The van der Waals surface area contributed by atoms with E-state index in [1.165, 1.54) is 17.8 Å². The van der Waals surface area contributed by atoms with Gasteiger partial charge in [0.2, 0.25) is 11.8 Å². The zero-order chi connectivity index (χ0) is 52.0. The summed E-state index contributed by atoms with van der Waals surface area (Å²) in [6.45, 7) is 10.4. The number of amides is 3. The third-order valence-corrected chi connectivity index (χ3v) is 17.7. The number of carbonyl (C=O) groups is 4. The molecule has 1 aliphatic carbocycles. The van der Waals surface area contributed by atoms with Crippen molar-refractivity contribution in [3.63, 3.8) is 0 Å². The third kappa shape index (κ3) is 10.9. The number of imide groups is 1. The number of fused-ring (bicyclic) bond motifs is 3. The van der Waals surface area contributed by atoms with E-state index in [0.29, 0.717) is 60.3 Å². The fourth-order valence-electron chi connectivity index (χ4n) is 11.7. The first-order valence-electron chi connectivity index (χ1n) is 26.2. The van der Waals surface area contributed by atoms with Gasteiger partial charge in [0.1, 0.15) is 11.6 Å². The summed E-state index contributed by atoms with van der Waals surface area (Å²) in [6.07, 6.45) is 8.16. The van der Waals surface area contributed by atoms with E-state index in [0.717, 1.165) is 125 Å². The molecule has 4 aliphatic rings. The number of piperidine rings is 1. The van der Waals surface area contributed by atoms with Crippen LogP contribution in [0.25, 0.3) is 32.2 Å². The number of ether oxygens (including phenoxy) is 1. The van der Waals surface area contributed by atoms with E-state index in [1.54, 1.807) is 0 Å². The SMILES string of the molecule is Cc1c(OC2CCC(CCC(C)(I)CN3CCN(c4ccc5c(C6CCC(=O)NC6=O)nn(C)c5c4)CC3)CC2)cccc1-c1ccc(N2CCc3cccc(C(=O)Nc4nc5ccccc5s4)c3C2)nc1C(=O)O. The van der Waals surface area contributed by atoms with E-state index < -0.39 is 11.9 Å². The Bertz CT molecular complexity index is 3310. The van der Waals surface area contributed by atoms with Gasteiger partial charge in [-0.15, -0.1) is 0 Å². The average Bonchev–Trinajstić information content (AvgIpc) is 3.98. The summed E-state index contributed by atoms with van der Waals surface area (Å²) in [6, 6.07) is 29.6. The number of thiazole rings is 1. The number of halogens is 1. The number of aryl methyl sites for hydroxylation is 1. The van der Waals surface area contributed by atoms with Gasteiger partial charge in [-0.3, -0.25) is 34.6 Å². The van der Waals surface area contributed by atoms with E-state index in [2.05, 4.69) is 84.1 Å². The van der Waals surface area contributed by atoms with E-state index in [1.807, 2.05) is 85.4 Å².